The highest BCUT2D eigenvalue weighted by Gasteiger charge is 2.24. The molecule has 1 aliphatic rings. The van der Waals surface area contributed by atoms with Crippen LogP contribution in [0.15, 0.2) is 47.0 Å². The van der Waals surface area contributed by atoms with Crippen LogP contribution in [0.4, 0.5) is 0 Å². The SMILES string of the molecule is Cn1cccc1C(=O)NC(=O)COC(=O)c1oc2ccccc2c1CSC1CCCCC1. The van der Waals surface area contributed by atoms with Crippen LogP contribution in [-0.4, -0.2) is 34.2 Å². The Kier molecular flexibility index (Phi) is 6.99. The highest BCUT2D eigenvalue weighted by atomic mass is 32.2. The number of esters is 1. The number of imide groups is 1. The third kappa shape index (κ3) is 5.07. The number of thioether (sulfide) groups is 1. The van der Waals surface area contributed by atoms with Crippen molar-refractivity contribution in [1.29, 1.82) is 0 Å². The van der Waals surface area contributed by atoms with Crippen molar-refractivity contribution in [3.8, 4) is 0 Å². The molecule has 1 aromatic carbocycles. The molecule has 0 saturated heterocycles. The maximum Gasteiger partial charge on any atom is 0.375 e. The second kappa shape index (κ2) is 10.1. The van der Waals surface area contributed by atoms with Crippen molar-refractivity contribution in [2.24, 2.45) is 7.05 Å². The normalized spacial score (nSPS) is 14.4. The van der Waals surface area contributed by atoms with Crippen LogP contribution in [-0.2, 0) is 22.3 Å². The molecule has 1 N–H and O–H groups in total. The number of para-hydroxylation sites is 1. The lowest BCUT2D eigenvalue weighted by atomic mass is 10.0. The summed E-state index contributed by atoms with van der Waals surface area (Å²) in [4.78, 5) is 37.0. The molecule has 3 aromatic rings. The van der Waals surface area contributed by atoms with Gasteiger partial charge in [0.25, 0.3) is 11.8 Å². The quantitative estimate of drug-likeness (QED) is 0.531. The van der Waals surface area contributed by atoms with E-state index in [-0.39, 0.29) is 5.76 Å². The van der Waals surface area contributed by atoms with E-state index in [2.05, 4.69) is 5.32 Å². The Bertz CT molecular complexity index is 1130. The number of nitrogens with one attached hydrogen (secondary N) is 1. The van der Waals surface area contributed by atoms with Gasteiger partial charge in [0.1, 0.15) is 11.3 Å². The topological polar surface area (TPSA) is 90.5 Å². The predicted molar refractivity (Wildman–Crippen MR) is 123 cm³/mol. The van der Waals surface area contributed by atoms with Crippen LogP contribution in [0.3, 0.4) is 0 Å². The first-order valence-corrected chi connectivity index (χ1v) is 11.8. The first kappa shape index (κ1) is 22.2. The van der Waals surface area contributed by atoms with E-state index in [9.17, 15) is 14.4 Å². The van der Waals surface area contributed by atoms with Gasteiger partial charge in [-0.3, -0.25) is 14.9 Å². The summed E-state index contributed by atoms with van der Waals surface area (Å²) in [5.41, 5.74) is 1.74. The van der Waals surface area contributed by atoms with E-state index < -0.39 is 24.4 Å². The molecule has 7 nitrogen and oxygen atoms in total. The largest absolute Gasteiger partial charge is 0.450 e. The lowest BCUT2D eigenvalue weighted by molar-refractivity contribution is -0.123. The number of ether oxygens (including phenoxy) is 1. The Morgan fingerprint density at radius 3 is 2.66 bits per heavy atom. The summed E-state index contributed by atoms with van der Waals surface area (Å²) in [6.45, 7) is -0.568. The molecule has 0 aliphatic heterocycles. The van der Waals surface area contributed by atoms with E-state index in [4.69, 9.17) is 9.15 Å². The zero-order valence-electron chi connectivity index (χ0n) is 18.0. The molecule has 4 rings (SSSR count). The fourth-order valence-electron chi connectivity index (χ4n) is 3.96. The fourth-order valence-corrected chi connectivity index (χ4v) is 5.32. The summed E-state index contributed by atoms with van der Waals surface area (Å²) >= 11 is 1.84. The Balaban J connectivity index is 1.41. The third-order valence-corrected chi connectivity index (χ3v) is 7.06. The predicted octanol–water partition coefficient (Wildman–Crippen LogP) is 4.45. The van der Waals surface area contributed by atoms with Crippen LogP contribution in [0.1, 0.15) is 58.7 Å². The highest BCUT2D eigenvalue weighted by Crippen LogP contribution is 2.35. The Hall–Kier alpha value is -3.00. The Labute approximate surface area is 190 Å². The minimum atomic E-state index is -0.707. The van der Waals surface area contributed by atoms with Gasteiger partial charge in [-0.05, 0) is 31.0 Å². The molecule has 0 spiro atoms. The molecule has 1 fully saturated rings. The standard InChI is InChI=1S/C24H26N2O5S/c1-26-13-7-11-19(26)23(28)25-21(27)14-30-24(29)22-18(15-32-16-8-3-2-4-9-16)17-10-5-6-12-20(17)31-22/h5-7,10-13,16H,2-4,8-9,14-15H2,1H3,(H,25,27,28). The van der Waals surface area contributed by atoms with Crippen LogP contribution < -0.4 is 5.32 Å². The molecule has 168 valence electrons. The zero-order chi connectivity index (χ0) is 22.5. The van der Waals surface area contributed by atoms with E-state index in [1.807, 2.05) is 36.0 Å². The molecule has 1 aliphatic carbocycles. The highest BCUT2D eigenvalue weighted by molar-refractivity contribution is 7.99. The van der Waals surface area contributed by atoms with Crippen LogP contribution >= 0.6 is 11.8 Å². The van der Waals surface area contributed by atoms with Crippen molar-refractivity contribution in [2.45, 2.75) is 43.1 Å². The summed E-state index contributed by atoms with van der Waals surface area (Å²) in [6, 6.07) is 10.8. The first-order chi connectivity index (χ1) is 15.5. The summed E-state index contributed by atoms with van der Waals surface area (Å²) in [7, 11) is 1.70. The molecule has 2 aromatic heterocycles. The average Bonchev–Trinajstić information content (AvgIpc) is 3.40. The molecule has 0 bridgehead atoms. The lowest BCUT2D eigenvalue weighted by Crippen LogP contribution is -2.35. The number of rotatable bonds is 7. The van der Waals surface area contributed by atoms with Gasteiger partial charge in [-0.1, -0.05) is 37.5 Å². The number of carbonyl (C=O) groups is 3. The third-order valence-electron chi connectivity index (χ3n) is 5.66. The zero-order valence-corrected chi connectivity index (χ0v) is 18.8. The number of aryl methyl sites for hydroxylation is 1. The molecule has 2 amide bonds. The van der Waals surface area contributed by atoms with Crippen LogP contribution in [0.25, 0.3) is 11.0 Å². The van der Waals surface area contributed by atoms with Crippen LogP contribution in [0, 0.1) is 0 Å². The van der Waals surface area contributed by atoms with Crippen molar-refractivity contribution in [1.82, 2.24) is 9.88 Å². The van der Waals surface area contributed by atoms with E-state index in [1.54, 1.807) is 29.9 Å². The number of nitrogens with zero attached hydrogens (tertiary/aromatic N) is 1. The minimum absolute atomic E-state index is 0.121. The summed E-state index contributed by atoms with van der Waals surface area (Å²) in [6.07, 6.45) is 7.86. The van der Waals surface area contributed by atoms with Gasteiger partial charge in [0, 0.05) is 35.2 Å². The van der Waals surface area contributed by atoms with Gasteiger partial charge in [0.2, 0.25) is 5.76 Å². The maximum atomic E-state index is 12.8. The molecule has 0 atom stereocenters. The van der Waals surface area contributed by atoms with Gasteiger partial charge in [-0.15, -0.1) is 0 Å². The molecule has 0 radical (unpaired) electrons. The second-order valence-corrected chi connectivity index (χ2v) is 9.22. The van der Waals surface area contributed by atoms with Gasteiger partial charge in [-0.25, -0.2) is 4.79 Å². The van der Waals surface area contributed by atoms with E-state index in [0.29, 0.717) is 22.3 Å². The van der Waals surface area contributed by atoms with E-state index in [0.717, 1.165) is 10.9 Å². The van der Waals surface area contributed by atoms with Crippen molar-refractivity contribution in [3.05, 3.63) is 59.6 Å². The monoisotopic (exact) mass is 454 g/mol. The van der Waals surface area contributed by atoms with Gasteiger partial charge in [0.05, 0.1) is 0 Å². The summed E-state index contributed by atoms with van der Waals surface area (Å²) in [5.74, 6) is -1.19. The average molecular weight is 455 g/mol. The molecule has 32 heavy (non-hydrogen) atoms. The molecule has 2 heterocycles. The molecule has 8 heteroatoms. The smallest absolute Gasteiger partial charge is 0.375 e. The van der Waals surface area contributed by atoms with Crippen molar-refractivity contribution < 1.29 is 23.5 Å². The summed E-state index contributed by atoms with van der Waals surface area (Å²) in [5, 5.41) is 3.69. The number of benzene rings is 1. The van der Waals surface area contributed by atoms with Crippen molar-refractivity contribution in [2.75, 3.05) is 6.61 Å². The van der Waals surface area contributed by atoms with E-state index >= 15 is 0 Å². The number of fused-ring (bicyclic) bond motifs is 1. The number of amides is 2. The number of furan rings is 1. The van der Waals surface area contributed by atoms with Gasteiger partial charge >= 0.3 is 5.97 Å². The number of carbonyl (C=O) groups excluding carboxylic acids is 3. The molecular weight excluding hydrogens is 428 g/mol. The maximum absolute atomic E-state index is 12.8. The van der Waals surface area contributed by atoms with Gasteiger partial charge in [0.15, 0.2) is 6.61 Å². The van der Waals surface area contributed by atoms with Gasteiger partial charge in [-0.2, -0.15) is 11.8 Å². The van der Waals surface area contributed by atoms with Crippen LogP contribution in [0.2, 0.25) is 0 Å². The van der Waals surface area contributed by atoms with Gasteiger partial charge < -0.3 is 13.7 Å². The fraction of sp³-hybridized carbons (Fsp3) is 0.375. The van der Waals surface area contributed by atoms with Crippen molar-refractivity contribution in [3.63, 3.8) is 0 Å². The molecule has 1 saturated carbocycles. The lowest BCUT2D eigenvalue weighted by Gasteiger charge is -2.20. The second-order valence-electron chi connectivity index (χ2n) is 7.93. The number of aromatic nitrogens is 1. The minimum Gasteiger partial charge on any atom is -0.450 e. The molecular formula is C24H26N2O5S. The number of hydrogen-bond acceptors (Lipinski definition) is 6. The molecule has 0 unspecified atom stereocenters. The Morgan fingerprint density at radius 2 is 1.91 bits per heavy atom. The van der Waals surface area contributed by atoms with Crippen LogP contribution in [0.5, 0.6) is 0 Å². The Morgan fingerprint density at radius 1 is 1.12 bits per heavy atom. The number of hydrogen-bond donors (Lipinski definition) is 1. The van der Waals surface area contributed by atoms with E-state index in [1.165, 1.54) is 32.1 Å². The first-order valence-electron chi connectivity index (χ1n) is 10.8. The van der Waals surface area contributed by atoms with Crippen molar-refractivity contribution >= 4 is 40.5 Å². The summed E-state index contributed by atoms with van der Waals surface area (Å²) < 4.78 is 12.6.